The Morgan fingerprint density at radius 3 is 2.65 bits per heavy atom. The molecule has 0 bridgehead atoms. The van der Waals surface area contributed by atoms with Gasteiger partial charge in [0.1, 0.15) is 5.76 Å². The number of ether oxygens (including phenoxy) is 1. The molecule has 1 amide bonds. The lowest BCUT2D eigenvalue weighted by atomic mass is 9.76. The summed E-state index contributed by atoms with van der Waals surface area (Å²) in [4.78, 5) is 12.5. The molecule has 0 saturated heterocycles. The fourth-order valence-corrected chi connectivity index (χ4v) is 3.36. The van der Waals surface area contributed by atoms with Crippen molar-refractivity contribution in [3.05, 3.63) is 11.3 Å². The van der Waals surface area contributed by atoms with E-state index < -0.39 is 5.54 Å². The molecule has 1 aliphatic heterocycles. The highest BCUT2D eigenvalue weighted by molar-refractivity contribution is 5.94. The third kappa shape index (κ3) is 3.35. The number of hydrogen-bond donors (Lipinski definition) is 2. The SMILES string of the molecule is CC1=C(C(=O)NC(C)(CO)C2CCCCC2)CCCO1. The maximum atomic E-state index is 12.5. The van der Waals surface area contributed by atoms with Crippen molar-refractivity contribution in [2.24, 2.45) is 5.92 Å². The molecule has 0 aromatic carbocycles. The van der Waals surface area contributed by atoms with Gasteiger partial charge in [0.2, 0.25) is 0 Å². The van der Waals surface area contributed by atoms with Crippen LogP contribution in [0.2, 0.25) is 0 Å². The minimum Gasteiger partial charge on any atom is -0.498 e. The van der Waals surface area contributed by atoms with E-state index in [1.54, 1.807) is 0 Å². The topological polar surface area (TPSA) is 58.6 Å². The number of allylic oxidation sites excluding steroid dienone is 1. The van der Waals surface area contributed by atoms with Crippen molar-refractivity contribution in [2.45, 2.75) is 64.3 Å². The first kappa shape index (κ1) is 15.4. The number of carbonyl (C=O) groups excluding carboxylic acids is 1. The number of hydrogen-bond acceptors (Lipinski definition) is 3. The molecule has 20 heavy (non-hydrogen) atoms. The van der Waals surface area contributed by atoms with Gasteiger partial charge >= 0.3 is 0 Å². The van der Waals surface area contributed by atoms with Crippen molar-refractivity contribution in [2.75, 3.05) is 13.2 Å². The first-order chi connectivity index (χ1) is 9.57. The summed E-state index contributed by atoms with van der Waals surface area (Å²) in [5.74, 6) is 1.04. The molecule has 2 aliphatic rings. The molecule has 4 nitrogen and oxygen atoms in total. The van der Waals surface area contributed by atoms with E-state index in [1.165, 1.54) is 19.3 Å². The van der Waals surface area contributed by atoms with Crippen LogP contribution in [0.1, 0.15) is 58.8 Å². The van der Waals surface area contributed by atoms with Crippen molar-refractivity contribution in [3.8, 4) is 0 Å². The van der Waals surface area contributed by atoms with Crippen LogP contribution in [0.15, 0.2) is 11.3 Å². The van der Waals surface area contributed by atoms with Gasteiger partial charge in [-0.15, -0.1) is 0 Å². The zero-order chi connectivity index (χ0) is 14.6. The highest BCUT2D eigenvalue weighted by Crippen LogP contribution is 2.33. The highest BCUT2D eigenvalue weighted by atomic mass is 16.5. The first-order valence-corrected chi connectivity index (χ1v) is 7.83. The van der Waals surface area contributed by atoms with Crippen molar-refractivity contribution in [3.63, 3.8) is 0 Å². The molecule has 2 rings (SSSR count). The van der Waals surface area contributed by atoms with Gasteiger partial charge in [0.25, 0.3) is 5.91 Å². The molecule has 1 unspecified atom stereocenters. The molecular formula is C16H27NO3. The lowest BCUT2D eigenvalue weighted by Gasteiger charge is -2.39. The Hall–Kier alpha value is -1.03. The number of carbonyl (C=O) groups is 1. The van der Waals surface area contributed by atoms with E-state index in [9.17, 15) is 9.90 Å². The molecule has 1 aliphatic carbocycles. The Bertz CT molecular complexity index is 385. The Morgan fingerprint density at radius 2 is 2.05 bits per heavy atom. The normalized spacial score (nSPS) is 23.9. The summed E-state index contributed by atoms with van der Waals surface area (Å²) in [6.07, 6.45) is 7.49. The van der Waals surface area contributed by atoms with Crippen LogP contribution in [0.3, 0.4) is 0 Å². The van der Waals surface area contributed by atoms with E-state index in [0.717, 1.165) is 37.0 Å². The summed E-state index contributed by atoms with van der Waals surface area (Å²) in [5.41, 5.74) is 0.231. The van der Waals surface area contributed by atoms with E-state index in [4.69, 9.17) is 4.74 Å². The second kappa shape index (κ2) is 6.61. The zero-order valence-corrected chi connectivity index (χ0v) is 12.7. The van der Waals surface area contributed by atoms with Gasteiger partial charge in [-0.05, 0) is 45.4 Å². The Labute approximate surface area is 121 Å². The summed E-state index contributed by atoms with van der Waals surface area (Å²) < 4.78 is 5.46. The summed E-state index contributed by atoms with van der Waals surface area (Å²) in [6.45, 7) is 4.52. The third-order valence-corrected chi connectivity index (χ3v) is 4.82. The molecule has 4 heteroatoms. The maximum absolute atomic E-state index is 12.5. The fraction of sp³-hybridized carbons (Fsp3) is 0.812. The summed E-state index contributed by atoms with van der Waals surface area (Å²) >= 11 is 0. The molecule has 0 spiro atoms. The van der Waals surface area contributed by atoms with Gasteiger partial charge in [-0.3, -0.25) is 4.79 Å². The molecule has 1 atom stereocenters. The number of nitrogens with one attached hydrogen (secondary N) is 1. The van der Waals surface area contributed by atoms with Gasteiger partial charge in [0.05, 0.1) is 24.3 Å². The van der Waals surface area contributed by atoms with Crippen molar-refractivity contribution < 1.29 is 14.6 Å². The second-order valence-electron chi connectivity index (χ2n) is 6.35. The molecule has 1 fully saturated rings. The zero-order valence-electron chi connectivity index (χ0n) is 12.7. The second-order valence-corrected chi connectivity index (χ2v) is 6.35. The van der Waals surface area contributed by atoms with E-state index in [1.807, 2.05) is 13.8 Å². The van der Waals surface area contributed by atoms with Gasteiger partial charge in [-0.25, -0.2) is 0 Å². The molecule has 2 N–H and O–H groups in total. The van der Waals surface area contributed by atoms with Crippen molar-refractivity contribution >= 4 is 5.91 Å². The largest absolute Gasteiger partial charge is 0.498 e. The van der Waals surface area contributed by atoms with Crippen molar-refractivity contribution in [1.82, 2.24) is 5.32 Å². The van der Waals surface area contributed by atoms with Crippen LogP contribution in [0.25, 0.3) is 0 Å². The molecule has 0 aromatic heterocycles. The summed E-state index contributed by atoms with van der Waals surface area (Å²) in [7, 11) is 0. The number of amides is 1. The smallest absolute Gasteiger partial charge is 0.251 e. The number of rotatable bonds is 4. The quantitative estimate of drug-likeness (QED) is 0.832. The minimum atomic E-state index is -0.512. The van der Waals surface area contributed by atoms with Gasteiger partial charge in [0.15, 0.2) is 0 Å². The van der Waals surface area contributed by atoms with Crippen LogP contribution in [-0.2, 0) is 9.53 Å². The third-order valence-electron chi connectivity index (χ3n) is 4.82. The average molecular weight is 281 g/mol. The molecular weight excluding hydrogens is 254 g/mol. The number of aliphatic hydroxyl groups excluding tert-OH is 1. The van der Waals surface area contributed by atoms with Crippen molar-refractivity contribution in [1.29, 1.82) is 0 Å². The van der Waals surface area contributed by atoms with Gasteiger partial charge in [0, 0.05) is 0 Å². The minimum absolute atomic E-state index is 0.00338. The number of aliphatic hydroxyl groups is 1. The lowest BCUT2D eigenvalue weighted by Crippen LogP contribution is -2.55. The molecule has 1 heterocycles. The van der Waals surface area contributed by atoms with Gasteiger partial charge in [-0.1, -0.05) is 19.3 Å². The molecule has 1 saturated carbocycles. The van der Waals surface area contributed by atoms with Crippen LogP contribution in [0.4, 0.5) is 0 Å². The monoisotopic (exact) mass is 281 g/mol. The standard InChI is InChI=1S/C16H27NO3/c1-12-14(9-6-10-20-12)15(19)17-16(2,11-18)13-7-4-3-5-8-13/h13,18H,3-11H2,1-2H3,(H,17,19). The summed E-state index contributed by atoms with van der Waals surface area (Å²) in [6, 6.07) is 0. The van der Waals surface area contributed by atoms with Crippen LogP contribution >= 0.6 is 0 Å². The fourth-order valence-electron chi connectivity index (χ4n) is 3.36. The average Bonchev–Trinajstić information content (AvgIpc) is 2.48. The highest BCUT2D eigenvalue weighted by Gasteiger charge is 2.36. The van der Waals surface area contributed by atoms with Crippen LogP contribution in [0.5, 0.6) is 0 Å². The van der Waals surface area contributed by atoms with Crippen LogP contribution in [0, 0.1) is 5.92 Å². The van der Waals surface area contributed by atoms with Crippen LogP contribution < -0.4 is 5.32 Å². The molecule has 0 radical (unpaired) electrons. The van der Waals surface area contributed by atoms with E-state index in [0.29, 0.717) is 12.5 Å². The Balaban J connectivity index is 2.06. The maximum Gasteiger partial charge on any atom is 0.251 e. The predicted octanol–water partition coefficient (Wildman–Crippen LogP) is 2.52. The lowest BCUT2D eigenvalue weighted by molar-refractivity contribution is -0.121. The Kier molecular flexibility index (Phi) is 5.08. The van der Waals surface area contributed by atoms with E-state index in [2.05, 4.69) is 5.32 Å². The van der Waals surface area contributed by atoms with Gasteiger partial charge < -0.3 is 15.2 Å². The van der Waals surface area contributed by atoms with Crippen LogP contribution in [-0.4, -0.2) is 29.8 Å². The predicted molar refractivity (Wildman–Crippen MR) is 78.1 cm³/mol. The van der Waals surface area contributed by atoms with E-state index in [-0.39, 0.29) is 12.5 Å². The Morgan fingerprint density at radius 1 is 1.35 bits per heavy atom. The van der Waals surface area contributed by atoms with Gasteiger partial charge in [-0.2, -0.15) is 0 Å². The molecule has 0 aromatic rings. The molecule has 114 valence electrons. The summed E-state index contributed by atoms with van der Waals surface area (Å²) in [5, 5.41) is 12.9. The first-order valence-electron chi connectivity index (χ1n) is 7.83. The van der Waals surface area contributed by atoms with E-state index >= 15 is 0 Å².